The van der Waals surface area contributed by atoms with Gasteiger partial charge in [-0.05, 0) is 44.2 Å². The largest absolute Gasteiger partial charge is 0.358 e. The van der Waals surface area contributed by atoms with Crippen LogP contribution < -0.4 is 5.32 Å². The Bertz CT molecular complexity index is 983. The molecule has 1 amide bonds. The highest BCUT2D eigenvalue weighted by Gasteiger charge is 2.19. The van der Waals surface area contributed by atoms with Crippen LogP contribution in [0.15, 0.2) is 24.4 Å². The van der Waals surface area contributed by atoms with Gasteiger partial charge in [-0.15, -0.1) is 11.3 Å². The number of fused-ring (bicyclic) bond motifs is 1. The van der Waals surface area contributed by atoms with E-state index in [0.717, 1.165) is 50.2 Å². The van der Waals surface area contributed by atoms with E-state index in [1.165, 1.54) is 0 Å². The SMILES string of the molecule is Cc1nc(C)c(/C=C/c2cc(-c3cc4c([nH]3)CCNC4=O)ccn2)s1. The minimum Gasteiger partial charge on any atom is -0.358 e. The van der Waals surface area contributed by atoms with Crippen LogP contribution in [0.25, 0.3) is 23.4 Å². The molecule has 1 aliphatic rings. The van der Waals surface area contributed by atoms with Crippen LogP contribution in [-0.2, 0) is 6.42 Å². The van der Waals surface area contributed by atoms with Crippen LogP contribution in [0.3, 0.4) is 0 Å². The number of thiazole rings is 1. The minimum atomic E-state index is -0.00559. The minimum absolute atomic E-state index is 0.00559. The number of nitrogens with zero attached hydrogens (tertiary/aromatic N) is 2. The number of nitrogens with one attached hydrogen (secondary N) is 2. The molecule has 0 aliphatic carbocycles. The Hall–Kier alpha value is -2.73. The molecule has 0 saturated heterocycles. The maximum absolute atomic E-state index is 11.9. The van der Waals surface area contributed by atoms with Crippen LogP contribution in [0.2, 0.25) is 0 Å². The highest BCUT2D eigenvalue weighted by Crippen LogP contribution is 2.25. The standard InChI is InChI=1S/C19H18N4OS/c1-11-18(25-12(2)22-11)4-3-14-9-13(5-7-20-14)17-10-15-16(23-17)6-8-21-19(15)24/h3-5,7,9-10,23H,6,8H2,1-2H3,(H,21,24)/b4-3+. The number of aryl methyl sites for hydroxylation is 2. The number of rotatable bonds is 3. The van der Waals surface area contributed by atoms with E-state index >= 15 is 0 Å². The molecule has 0 saturated carbocycles. The zero-order valence-corrected chi connectivity index (χ0v) is 14.9. The summed E-state index contributed by atoms with van der Waals surface area (Å²) in [6.07, 6.45) is 6.68. The first-order chi connectivity index (χ1) is 12.1. The number of hydrogen-bond donors (Lipinski definition) is 2. The molecule has 0 aromatic carbocycles. The fourth-order valence-electron chi connectivity index (χ4n) is 3.02. The monoisotopic (exact) mass is 350 g/mol. The highest BCUT2D eigenvalue weighted by atomic mass is 32.1. The topological polar surface area (TPSA) is 70.7 Å². The number of aromatic nitrogens is 3. The summed E-state index contributed by atoms with van der Waals surface area (Å²) < 4.78 is 0. The van der Waals surface area contributed by atoms with Crippen LogP contribution in [0.1, 0.15) is 37.3 Å². The molecule has 3 aromatic rings. The van der Waals surface area contributed by atoms with Crippen molar-refractivity contribution in [3.05, 3.63) is 56.9 Å². The molecule has 0 spiro atoms. The normalized spacial score (nSPS) is 13.9. The third-order valence-corrected chi connectivity index (χ3v) is 5.28. The zero-order chi connectivity index (χ0) is 17.4. The molecule has 126 valence electrons. The van der Waals surface area contributed by atoms with E-state index < -0.39 is 0 Å². The molecule has 5 nitrogen and oxygen atoms in total. The fourth-order valence-corrected chi connectivity index (χ4v) is 3.85. The molecular formula is C19H18N4OS. The first-order valence-corrected chi connectivity index (χ1v) is 9.00. The second-order valence-electron chi connectivity index (χ2n) is 6.07. The van der Waals surface area contributed by atoms with Gasteiger partial charge in [0, 0.05) is 36.1 Å². The van der Waals surface area contributed by atoms with E-state index in [2.05, 4.69) is 26.3 Å². The van der Waals surface area contributed by atoms with E-state index in [1.807, 2.05) is 38.1 Å². The molecule has 6 heteroatoms. The number of hydrogen-bond acceptors (Lipinski definition) is 4. The van der Waals surface area contributed by atoms with E-state index in [9.17, 15) is 4.79 Å². The summed E-state index contributed by atoms with van der Waals surface area (Å²) >= 11 is 1.68. The molecule has 4 rings (SSSR count). The molecule has 0 bridgehead atoms. The van der Waals surface area contributed by atoms with Crippen LogP contribution in [0.5, 0.6) is 0 Å². The Morgan fingerprint density at radius 2 is 2.12 bits per heavy atom. The van der Waals surface area contributed by atoms with Crippen LogP contribution >= 0.6 is 11.3 Å². The molecule has 0 radical (unpaired) electrons. The van der Waals surface area contributed by atoms with E-state index in [4.69, 9.17) is 0 Å². The van der Waals surface area contributed by atoms with E-state index in [1.54, 1.807) is 17.5 Å². The van der Waals surface area contributed by atoms with Gasteiger partial charge in [-0.25, -0.2) is 4.98 Å². The summed E-state index contributed by atoms with van der Waals surface area (Å²) in [5.74, 6) is -0.00559. The Labute approximate surface area is 149 Å². The molecule has 0 fully saturated rings. The lowest BCUT2D eigenvalue weighted by molar-refractivity contribution is 0.0946. The number of carbonyl (C=O) groups excluding carboxylic acids is 1. The first-order valence-electron chi connectivity index (χ1n) is 8.19. The molecule has 2 N–H and O–H groups in total. The van der Waals surface area contributed by atoms with Gasteiger partial charge in [0.05, 0.1) is 26.8 Å². The lowest BCUT2D eigenvalue weighted by Gasteiger charge is -2.10. The quantitative estimate of drug-likeness (QED) is 0.758. The summed E-state index contributed by atoms with van der Waals surface area (Å²) in [5, 5.41) is 3.94. The van der Waals surface area contributed by atoms with Crippen molar-refractivity contribution in [3.63, 3.8) is 0 Å². The van der Waals surface area contributed by atoms with Gasteiger partial charge in [0.2, 0.25) is 0 Å². The Balaban J connectivity index is 1.64. The van der Waals surface area contributed by atoms with Crippen molar-refractivity contribution in [1.29, 1.82) is 0 Å². The number of pyridine rings is 1. The van der Waals surface area contributed by atoms with Crippen molar-refractivity contribution in [2.75, 3.05) is 6.54 Å². The maximum atomic E-state index is 11.9. The molecule has 3 aromatic heterocycles. The molecule has 4 heterocycles. The van der Waals surface area contributed by atoms with Crippen molar-refractivity contribution in [1.82, 2.24) is 20.3 Å². The zero-order valence-electron chi connectivity index (χ0n) is 14.1. The van der Waals surface area contributed by atoms with Crippen molar-refractivity contribution in [3.8, 4) is 11.3 Å². The van der Waals surface area contributed by atoms with Gasteiger partial charge < -0.3 is 10.3 Å². The fraction of sp³-hybridized carbons (Fsp3) is 0.211. The van der Waals surface area contributed by atoms with Gasteiger partial charge in [-0.1, -0.05) is 0 Å². The summed E-state index contributed by atoms with van der Waals surface area (Å²) in [4.78, 5) is 25.3. The Kier molecular flexibility index (Phi) is 3.97. The molecule has 0 atom stereocenters. The van der Waals surface area contributed by atoms with Gasteiger partial charge in [-0.3, -0.25) is 9.78 Å². The number of amides is 1. The second-order valence-corrected chi connectivity index (χ2v) is 7.30. The van der Waals surface area contributed by atoms with Crippen molar-refractivity contribution >= 4 is 29.4 Å². The van der Waals surface area contributed by atoms with Gasteiger partial charge in [-0.2, -0.15) is 0 Å². The van der Waals surface area contributed by atoms with Gasteiger partial charge in [0.15, 0.2) is 0 Å². The molecular weight excluding hydrogens is 332 g/mol. The van der Waals surface area contributed by atoms with Gasteiger partial charge >= 0.3 is 0 Å². The highest BCUT2D eigenvalue weighted by molar-refractivity contribution is 7.12. The third-order valence-electron chi connectivity index (χ3n) is 4.24. The predicted molar refractivity (Wildman–Crippen MR) is 101 cm³/mol. The van der Waals surface area contributed by atoms with E-state index in [0.29, 0.717) is 6.54 Å². The third kappa shape index (κ3) is 3.13. The maximum Gasteiger partial charge on any atom is 0.253 e. The summed E-state index contributed by atoms with van der Waals surface area (Å²) in [6.45, 7) is 4.71. The average molecular weight is 350 g/mol. The van der Waals surface area contributed by atoms with Crippen molar-refractivity contribution in [2.24, 2.45) is 0 Å². The van der Waals surface area contributed by atoms with E-state index in [-0.39, 0.29) is 5.91 Å². The number of carbonyl (C=O) groups is 1. The molecule has 25 heavy (non-hydrogen) atoms. The Morgan fingerprint density at radius 3 is 2.88 bits per heavy atom. The van der Waals surface area contributed by atoms with Crippen LogP contribution in [0, 0.1) is 13.8 Å². The summed E-state index contributed by atoms with van der Waals surface area (Å²) in [6, 6.07) is 5.90. The van der Waals surface area contributed by atoms with Crippen LogP contribution in [-0.4, -0.2) is 27.4 Å². The van der Waals surface area contributed by atoms with Crippen molar-refractivity contribution in [2.45, 2.75) is 20.3 Å². The van der Waals surface area contributed by atoms with Gasteiger partial charge in [0.1, 0.15) is 0 Å². The predicted octanol–water partition coefficient (Wildman–Crippen LogP) is 3.61. The summed E-state index contributed by atoms with van der Waals surface area (Å²) in [7, 11) is 0. The lowest BCUT2D eigenvalue weighted by Crippen LogP contribution is -2.31. The second kappa shape index (κ2) is 6.29. The number of aromatic amines is 1. The molecule has 1 aliphatic heterocycles. The smallest absolute Gasteiger partial charge is 0.253 e. The average Bonchev–Trinajstić information content (AvgIpc) is 3.17. The number of H-pyrrole nitrogens is 1. The lowest BCUT2D eigenvalue weighted by atomic mass is 10.1. The van der Waals surface area contributed by atoms with Crippen LogP contribution in [0.4, 0.5) is 0 Å². The summed E-state index contributed by atoms with van der Waals surface area (Å²) in [5.41, 5.74) is 5.63. The molecule has 0 unspecified atom stereocenters. The van der Waals surface area contributed by atoms with Gasteiger partial charge in [0.25, 0.3) is 5.91 Å². The van der Waals surface area contributed by atoms with Crippen molar-refractivity contribution < 1.29 is 4.79 Å². The first kappa shape index (κ1) is 15.8. The Morgan fingerprint density at radius 1 is 1.24 bits per heavy atom.